The van der Waals surface area contributed by atoms with Crippen LogP contribution in [0.2, 0.25) is 5.02 Å². The summed E-state index contributed by atoms with van der Waals surface area (Å²) in [5, 5.41) is 11.8. The van der Waals surface area contributed by atoms with E-state index in [0.717, 1.165) is 11.4 Å². The third kappa shape index (κ3) is 6.21. The number of carbonyl (C=O) groups is 3. The Bertz CT molecular complexity index is 1520. The van der Waals surface area contributed by atoms with Gasteiger partial charge in [-0.1, -0.05) is 51.4 Å². The number of benzene rings is 2. The van der Waals surface area contributed by atoms with Crippen molar-refractivity contribution >= 4 is 29.1 Å². The van der Waals surface area contributed by atoms with Crippen LogP contribution < -0.4 is 14.6 Å². The van der Waals surface area contributed by atoms with Crippen LogP contribution in [0.3, 0.4) is 0 Å². The van der Waals surface area contributed by atoms with E-state index in [1.165, 1.54) is 19.2 Å². The minimum atomic E-state index is -1.19. The first-order valence-corrected chi connectivity index (χ1v) is 14.8. The SMILES string of the molecule is COc1cc(C2C3=C(CC(C)(C)CC3=O)N(CCC(=O)[O-])C3=C2C(=O)CC(C)(C)C3)cc(Cl)c1OCc1cccc(F)c1. The zero-order valence-corrected chi connectivity index (χ0v) is 25.9. The highest BCUT2D eigenvalue weighted by molar-refractivity contribution is 6.32. The van der Waals surface area contributed by atoms with Crippen LogP contribution in [0.1, 0.15) is 76.8 Å². The second-order valence-corrected chi connectivity index (χ2v) is 13.7. The Morgan fingerprint density at radius 1 is 1.00 bits per heavy atom. The second kappa shape index (κ2) is 11.5. The molecule has 43 heavy (non-hydrogen) atoms. The van der Waals surface area contributed by atoms with Crippen molar-refractivity contribution in [3.8, 4) is 11.5 Å². The van der Waals surface area contributed by atoms with Crippen molar-refractivity contribution in [1.82, 2.24) is 4.90 Å². The van der Waals surface area contributed by atoms with Crippen molar-refractivity contribution in [3.63, 3.8) is 0 Å². The number of carboxylic acids is 1. The summed E-state index contributed by atoms with van der Waals surface area (Å²) in [6, 6.07) is 9.49. The normalized spacial score (nSPS) is 19.7. The Balaban J connectivity index is 1.66. The lowest BCUT2D eigenvalue weighted by Crippen LogP contribution is -2.45. The average Bonchev–Trinajstić information content (AvgIpc) is 2.89. The maximum absolute atomic E-state index is 13.9. The van der Waals surface area contributed by atoms with Crippen molar-refractivity contribution in [2.45, 2.75) is 72.3 Å². The number of rotatable bonds is 8. The van der Waals surface area contributed by atoms with Gasteiger partial charge >= 0.3 is 0 Å². The Labute approximate surface area is 256 Å². The number of hydrogen-bond acceptors (Lipinski definition) is 7. The predicted octanol–water partition coefficient (Wildman–Crippen LogP) is 5.89. The molecule has 0 radical (unpaired) electrons. The topological polar surface area (TPSA) is 96.0 Å². The molecule has 0 bridgehead atoms. The van der Waals surface area contributed by atoms with Crippen LogP contribution >= 0.6 is 11.6 Å². The van der Waals surface area contributed by atoms with Crippen LogP contribution in [0.25, 0.3) is 0 Å². The number of ketones is 2. The molecule has 0 aromatic heterocycles. The number of allylic oxidation sites excluding steroid dienone is 4. The Kier molecular flexibility index (Phi) is 8.20. The van der Waals surface area contributed by atoms with Gasteiger partial charge in [-0.25, -0.2) is 4.39 Å². The molecule has 0 saturated carbocycles. The van der Waals surface area contributed by atoms with Gasteiger partial charge in [0, 0.05) is 60.2 Å². The van der Waals surface area contributed by atoms with Gasteiger partial charge in [0.15, 0.2) is 23.1 Å². The fourth-order valence-corrected chi connectivity index (χ4v) is 6.96. The van der Waals surface area contributed by atoms with Crippen molar-refractivity contribution in [1.29, 1.82) is 0 Å². The molecule has 1 aliphatic heterocycles. The van der Waals surface area contributed by atoms with Crippen LogP contribution in [0.5, 0.6) is 11.5 Å². The zero-order valence-electron chi connectivity index (χ0n) is 25.1. The number of Topliss-reactive ketones (excluding diaryl/α,β-unsaturated/α-hetero) is 2. The fourth-order valence-electron chi connectivity index (χ4n) is 6.68. The molecule has 0 fully saturated rings. The summed E-state index contributed by atoms with van der Waals surface area (Å²) in [6.45, 7) is 8.23. The number of halogens is 2. The second-order valence-electron chi connectivity index (χ2n) is 13.3. The number of nitrogens with zero attached hydrogens (tertiary/aromatic N) is 1. The maximum Gasteiger partial charge on any atom is 0.180 e. The molecule has 0 amide bonds. The third-order valence-electron chi connectivity index (χ3n) is 8.42. The lowest BCUT2D eigenvalue weighted by atomic mass is 9.63. The third-order valence-corrected chi connectivity index (χ3v) is 8.70. The summed E-state index contributed by atoms with van der Waals surface area (Å²) in [5.74, 6) is -1.86. The van der Waals surface area contributed by atoms with Crippen LogP contribution in [-0.4, -0.2) is 36.1 Å². The van der Waals surface area contributed by atoms with Crippen LogP contribution in [0.4, 0.5) is 4.39 Å². The average molecular weight is 609 g/mol. The molecular weight excluding hydrogens is 573 g/mol. The van der Waals surface area contributed by atoms with E-state index in [2.05, 4.69) is 0 Å². The van der Waals surface area contributed by atoms with Gasteiger partial charge < -0.3 is 24.3 Å². The van der Waals surface area contributed by atoms with Gasteiger partial charge in [-0.05, 0) is 59.1 Å². The van der Waals surface area contributed by atoms with E-state index in [1.807, 2.05) is 32.6 Å². The van der Waals surface area contributed by atoms with Gasteiger partial charge in [0.25, 0.3) is 0 Å². The number of ether oxygens (including phenoxy) is 2. The van der Waals surface area contributed by atoms with Gasteiger partial charge in [0.1, 0.15) is 12.4 Å². The first-order chi connectivity index (χ1) is 20.2. The van der Waals surface area contributed by atoms with Gasteiger partial charge in [-0.3, -0.25) is 9.59 Å². The van der Waals surface area contributed by atoms with Gasteiger partial charge in [0.05, 0.1) is 12.1 Å². The van der Waals surface area contributed by atoms with Crippen LogP contribution in [0, 0.1) is 16.6 Å². The highest BCUT2D eigenvalue weighted by atomic mass is 35.5. The molecule has 9 heteroatoms. The van der Waals surface area contributed by atoms with E-state index in [-0.39, 0.29) is 58.6 Å². The summed E-state index contributed by atoms with van der Waals surface area (Å²) in [7, 11) is 1.48. The van der Waals surface area contributed by atoms with Gasteiger partial charge in [-0.15, -0.1) is 0 Å². The highest BCUT2D eigenvalue weighted by Crippen LogP contribution is 2.55. The number of hydrogen-bond donors (Lipinski definition) is 0. The number of carboxylic acid groups (broad SMARTS) is 1. The monoisotopic (exact) mass is 608 g/mol. The van der Waals surface area contributed by atoms with Crippen LogP contribution in [0.15, 0.2) is 58.9 Å². The van der Waals surface area contributed by atoms with E-state index in [1.54, 1.807) is 24.3 Å². The molecule has 1 heterocycles. The largest absolute Gasteiger partial charge is 0.550 e. The number of carbonyl (C=O) groups excluding carboxylic acids is 3. The molecule has 7 nitrogen and oxygen atoms in total. The van der Waals surface area contributed by atoms with E-state index in [4.69, 9.17) is 21.1 Å². The van der Waals surface area contributed by atoms with E-state index < -0.39 is 11.9 Å². The predicted molar refractivity (Wildman–Crippen MR) is 158 cm³/mol. The smallest absolute Gasteiger partial charge is 0.180 e. The quantitative estimate of drug-likeness (QED) is 0.369. The Hall–Kier alpha value is -3.65. The molecule has 0 saturated heterocycles. The van der Waals surface area contributed by atoms with Crippen LogP contribution in [-0.2, 0) is 21.0 Å². The summed E-state index contributed by atoms with van der Waals surface area (Å²) in [5.41, 5.74) is 3.01. The molecule has 0 spiro atoms. The summed E-state index contributed by atoms with van der Waals surface area (Å²) >= 11 is 6.79. The molecule has 0 unspecified atom stereocenters. The van der Waals surface area contributed by atoms with E-state index in [0.29, 0.717) is 53.7 Å². The van der Waals surface area contributed by atoms with Crippen molar-refractivity contribution in [2.75, 3.05) is 13.7 Å². The first-order valence-electron chi connectivity index (χ1n) is 14.4. The fraction of sp³-hybridized carbons (Fsp3) is 0.441. The van der Waals surface area contributed by atoms with E-state index >= 15 is 0 Å². The number of aliphatic carboxylic acids is 1. The molecule has 2 aliphatic carbocycles. The maximum atomic E-state index is 13.9. The number of methoxy groups -OCH3 is 1. The van der Waals surface area contributed by atoms with Gasteiger partial charge in [-0.2, -0.15) is 0 Å². The van der Waals surface area contributed by atoms with E-state index in [9.17, 15) is 23.9 Å². The highest BCUT2D eigenvalue weighted by Gasteiger charge is 2.49. The van der Waals surface area contributed by atoms with Crippen molar-refractivity contribution in [3.05, 3.63) is 80.9 Å². The molecule has 228 valence electrons. The minimum Gasteiger partial charge on any atom is -0.550 e. The lowest BCUT2D eigenvalue weighted by Gasteiger charge is -2.49. The minimum absolute atomic E-state index is 0.0513. The molecule has 0 N–H and O–H groups in total. The Morgan fingerprint density at radius 3 is 2.14 bits per heavy atom. The summed E-state index contributed by atoms with van der Waals surface area (Å²) < 4.78 is 25.4. The van der Waals surface area contributed by atoms with Crippen molar-refractivity contribution < 1.29 is 33.4 Å². The molecular formula is C34H36ClFNO6-. The first kappa shape index (κ1) is 30.8. The summed E-state index contributed by atoms with van der Waals surface area (Å²) in [6.07, 6.45) is 1.43. The standard InChI is InChI=1S/C34H37ClFNO6/c1-33(2)14-23-30(25(38)16-33)29(31-24(37(23)10-9-28(40)41)15-34(3,4)17-26(31)39)20-12-22(35)32(27(13-20)42-5)43-18-19-7-6-8-21(36)11-19/h6-8,11-13,29H,9-10,14-18H2,1-5H3,(H,40,41)/p-1. The molecule has 3 aliphatic rings. The lowest BCUT2D eigenvalue weighted by molar-refractivity contribution is -0.305. The molecule has 5 rings (SSSR count). The zero-order chi connectivity index (χ0) is 31.3. The van der Waals surface area contributed by atoms with Crippen molar-refractivity contribution in [2.24, 2.45) is 10.8 Å². The molecule has 0 atom stereocenters. The van der Waals surface area contributed by atoms with Gasteiger partial charge in [0.2, 0.25) is 0 Å². The Morgan fingerprint density at radius 2 is 1.60 bits per heavy atom. The summed E-state index contributed by atoms with van der Waals surface area (Å²) in [4.78, 5) is 41.4. The molecule has 2 aromatic rings. The molecule has 2 aromatic carbocycles.